The summed E-state index contributed by atoms with van der Waals surface area (Å²) >= 11 is 0. The molecule has 8 heteroatoms. The summed E-state index contributed by atoms with van der Waals surface area (Å²) in [5.41, 5.74) is -0.166. The zero-order valence-corrected chi connectivity index (χ0v) is 20.2. The number of aromatic amines is 1. The highest BCUT2D eigenvalue weighted by Gasteiger charge is 2.69. The summed E-state index contributed by atoms with van der Waals surface area (Å²) in [7, 11) is 1.53. The first-order valence-electron chi connectivity index (χ1n) is 11.7. The Morgan fingerprint density at radius 1 is 1.09 bits per heavy atom. The van der Waals surface area contributed by atoms with Crippen molar-refractivity contribution in [2.45, 2.75) is 44.3 Å². The summed E-state index contributed by atoms with van der Waals surface area (Å²) in [5, 5.41) is 14.8. The second-order valence-corrected chi connectivity index (χ2v) is 10.4. The van der Waals surface area contributed by atoms with Crippen LogP contribution in [0.3, 0.4) is 0 Å². The minimum absolute atomic E-state index is 0.0379. The number of ether oxygens (including phenoxy) is 1. The topological polar surface area (TPSA) is 112 Å². The zero-order valence-electron chi connectivity index (χ0n) is 20.2. The van der Waals surface area contributed by atoms with Crippen LogP contribution in [0.1, 0.15) is 37.9 Å². The summed E-state index contributed by atoms with van der Waals surface area (Å²) in [5.74, 6) is -3.40. The molecule has 35 heavy (non-hydrogen) atoms. The first-order valence-corrected chi connectivity index (χ1v) is 11.7. The van der Waals surface area contributed by atoms with Crippen molar-refractivity contribution in [3.05, 3.63) is 65.9 Å². The number of amides is 2. The number of nitrogens with zero attached hydrogens (tertiary/aromatic N) is 1. The molecule has 182 valence electrons. The minimum Gasteiger partial charge on any atom is -0.496 e. The molecule has 5 rings (SSSR count). The van der Waals surface area contributed by atoms with Crippen LogP contribution in [-0.2, 0) is 20.8 Å². The van der Waals surface area contributed by atoms with Gasteiger partial charge in [0.25, 0.3) is 0 Å². The number of hydrogen-bond acceptors (Lipinski definition) is 5. The Bertz CT molecular complexity index is 1340. The number of benzene rings is 2. The zero-order chi connectivity index (χ0) is 25.1. The molecule has 2 aliphatic heterocycles. The van der Waals surface area contributed by atoms with Gasteiger partial charge in [0.1, 0.15) is 11.3 Å². The fourth-order valence-corrected chi connectivity index (χ4v) is 5.87. The van der Waals surface area contributed by atoms with Crippen molar-refractivity contribution in [3.8, 4) is 5.75 Å². The lowest BCUT2D eigenvalue weighted by atomic mass is 9.76. The van der Waals surface area contributed by atoms with Crippen molar-refractivity contribution in [1.82, 2.24) is 15.2 Å². The standard InChI is InChI=1S/C27H29N3O5/c1-26(2,3)30-23(31)20-21(24(30)32)27(25(33)34,13-15-14-28-18-11-7-5-9-16(15)18)29-22(20)17-10-6-8-12-19(17)35-4/h5-12,14,20-22,28-29H,13H2,1-4H3,(H,33,34). The molecule has 2 aromatic carbocycles. The van der Waals surface area contributed by atoms with Gasteiger partial charge in [-0.2, -0.15) is 0 Å². The molecule has 3 heterocycles. The Labute approximate surface area is 203 Å². The number of H-pyrrole nitrogens is 1. The number of likely N-dealkylation sites (tertiary alicyclic amines) is 1. The van der Waals surface area contributed by atoms with Crippen molar-refractivity contribution in [2.24, 2.45) is 11.8 Å². The van der Waals surface area contributed by atoms with E-state index >= 15 is 0 Å². The Kier molecular flexibility index (Phi) is 5.25. The van der Waals surface area contributed by atoms with Gasteiger partial charge in [-0.3, -0.25) is 24.6 Å². The second kappa shape index (κ2) is 7.95. The van der Waals surface area contributed by atoms with Crippen molar-refractivity contribution < 1.29 is 24.2 Å². The molecule has 0 radical (unpaired) electrons. The van der Waals surface area contributed by atoms with Gasteiger partial charge >= 0.3 is 5.97 Å². The lowest BCUT2D eigenvalue weighted by Crippen LogP contribution is -2.58. The first-order chi connectivity index (χ1) is 16.6. The van der Waals surface area contributed by atoms with Crippen LogP contribution in [0.15, 0.2) is 54.7 Å². The Morgan fingerprint density at radius 2 is 1.77 bits per heavy atom. The maximum atomic E-state index is 13.9. The molecule has 2 saturated heterocycles. The first kappa shape index (κ1) is 23.1. The van der Waals surface area contributed by atoms with Crippen LogP contribution in [0.25, 0.3) is 10.9 Å². The highest BCUT2D eigenvalue weighted by molar-refractivity contribution is 6.10. The highest BCUT2D eigenvalue weighted by Crippen LogP contribution is 2.52. The van der Waals surface area contributed by atoms with Crippen LogP contribution >= 0.6 is 0 Å². The second-order valence-electron chi connectivity index (χ2n) is 10.4. The smallest absolute Gasteiger partial charge is 0.325 e. The number of carboxylic acid groups (broad SMARTS) is 1. The number of aromatic nitrogens is 1. The molecule has 3 aromatic rings. The number of imide groups is 1. The molecular weight excluding hydrogens is 446 g/mol. The van der Waals surface area contributed by atoms with Gasteiger partial charge in [0.05, 0.1) is 18.9 Å². The van der Waals surface area contributed by atoms with Gasteiger partial charge in [-0.1, -0.05) is 36.4 Å². The number of carboxylic acids is 1. The monoisotopic (exact) mass is 475 g/mol. The van der Waals surface area contributed by atoms with Gasteiger partial charge in [-0.05, 0) is 38.5 Å². The predicted molar refractivity (Wildman–Crippen MR) is 130 cm³/mol. The van der Waals surface area contributed by atoms with Crippen LogP contribution in [-0.4, -0.2) is 51.0 Å². The number of fused-ring (bicyclic) bond motifs is 2. The number of carbonyl (C=O) groups excluding carboxylic acids is 2. The van der Waals surface area contributed by atoms with Gasteiger partial charge in [-0.25, -0.2) is 0 Å². The molecule has 4 unspecified atom stereocenters. The number of aliphatic carboxylic acids is 1. The number of hydrogen-bond donors (Lipinski definition) is 3. The van der Waals surface area contributed by atoms with Crippen LogP contribution in [0.2, 0.25) is 0 Å². The van der Waals surface area contributed by atoms with E-state index in [4.69, 9.17) is 4.74 Å². The van der Waals surface area contributed by atoms with Crippen LogP contribution in [0, 0.1) is 11.8 Å². The van der Waals surface area contributed by atoms with Crippen molar-refractivity contribution >= 4 is 28.7 Å². The molecule has 1 aromatic heterocycles. The summed E-state index contributed by atoms with van der Waals surface area (Å²) in [6.45, 7) is 5.37. The number of nitrogens with one attached hydrogen (secondary N) is 2. The largest absolute Gasteiger partial charge is 0.496 e. The van der Waals surface area contributed by atoms with Crippen molar-refractivity contribution in [3.63, 3.8) is 0 Å². The average Bonchev–Trinajstić information content (AvgIpc) is 3.46. The van der Waals surface area contributed by atoms with Gasteiger partial charge in [0, 0.05) is 40.7 Å². The maximum Gasteiger partial charge on any atom is 0.325 e. The Hall–Kier alpha value is -3.65. The van der Waals surface area contributed by atoms with E-state index in [0.717, 1.165) is 16.5 Å². The molecule has 0 spiro atoms. The van der Waals surface area contributed by atoms with Crippen LogP contribution < -0.4 is 10.1 Å². The third-order valence-corrected chi connectivity index (χ3v) is 7.32. The van der Waals surface area contributed by atoms with E-state index in [1.165, 1.54) is 12.0 Å². The quantitative estimate of drug-likeness (QED) is 0.489. The van der Waals surface area contributed by atoms with E-state index < -0.39 is 40.8 Å². The van der Waals surface area contributed by atoms with Crippen molar-refractivity contribution in [1.29, 1.82) is 0 Å². The molecule has 4 atom stereocenters. The van der Waals surface area contributed by atoms with Gasteiger partial charge in [0.2, 0.25) is 11.8 Å². The third-order valence-electron chi connectivity index (χ3n) is 7.32. The van der Waals surface area contributed by atoms with Crippen LogP contribution in [0.4, 0.5) is 0 Å². The Balaban J connectivity index is 1.70. The van der Waals surface area contributed by atoms with E-state index in [9.17, 15) is 19.5 Å². The number of carbonyl (C=O) groups is 3. The van der Waals surface area contributed by atoms with Crippen LogP contribution in [0.5, 0.6) is 5.75 Å². The lowest BCUT2D eigenvalue weighted by Gasteiger charge is -2.35. The molecule has 3 N–H and O–H groups in total. The molecular formula is C27H29N3O5. The molecule has 0 saturated carbocycles. The molecule has 0 aliphatic carbocycles. The summed E-state index contributed by atoms with van der Waals surface area (Å²) in [6.07, 6.45) is 1.82. The third kappa shape index (κ3) is 3.35. The van der Waals surface area contributed by atoms with Gasteiger partial charge in [-0.15, -0.1) is 0 Å². The molecule has 8 nitrogen and oxygen atoms in total. The van der Waals surface area contributed by atoms with E-state index in [1.54, 1.807) is 33.0 Å². The molecule has 2 amide bonds. The summed E-state index contributed by atoms with van der Waals surface area (Å²) in [4.78, 5) is 45.1. The maximum absolute atomic E-state index is 13.9. The number of para-hydroxylation sites is 2. The fourth-order valence-electron chi connectivity index (χ4n) is 5.87. The van der Waals surface area contributed by atoms with E-state index in [1.807, 2.05) is 42.5 Å². The van der Waals surface area contributed by atoms with E-state index in [-0.39, 0.29) is 12.3 Å². The molecule has 2 fully saturated rings. The van der Waals surface area contributed by atoms with Gasteiger partial charge in [0.15, 0.2) is 0 Å². The highest BCUT2D eigenvalue weighted by atomic mass is 16.5. The SMILES string of the molecule is COc1ccccc1C1NC(Cc2c[nH]c3ccccc23)(C(=O)O)C2C(=O)N(C(C)(C)C)C(=O)C12. The summed E-state index contributed by atoms with van der Waals surface area (Å²) < 4.78 is 5.55. The van der Waals surface area contributed by atoms with Crippen molar-refractivity contribution in [2.75, 3.05) is 7.11 Å². The van der Waals surface area contributed by atoms with E-state index in [2.05, 4.69) is 10.3 Å². The average molecular weight is 476 g/mol. The fraction of sp³-hybridized carbons (Fsp3) is 0.370. The molecule has 2 aliphatic rings. The van der Waals surface area contributed by atoms with E-state index in [0.29, 0.717) is 11.3 Å². The van der Waals surface area contributed by atoms with Gasteiger partial charge < -0.3 is 14.8 Å². The predicted octanol–water partition coefficient (Wildman–Crippen LogP) is 3.29. The number of rotatable bonds is 5. The minimum atomic E-state index is -1.69. The number of methoxy groups -OCH3 is 1. The molecule has 0 bridgehead atoms. The summed E-state index contributed by atoms with van der Waals surface area (Å²) in [6, 6.07) is 14.1. The normalized spacial score (nSPS) is 26.4. The lowest BCUT2D eigenvalue weighted by molar-refractivity contribution is -0.153. The Morgan fingerprint density at radius 3 is 2.46 bits per heavy atom.